The summed E-state index contributed by atoms with van der Waals surface area (Å²) in [6.07, 6.45) is 3.04. The summed E-state index contributed by atoms with van der Waals surface area (Å²) in [5.41, 5.74) is 0.843. The van der Waals surface area contributed by atoms with Gasteiger partial charge in [0.05, 0.1) is 4.90 Å². The van der Waals surface area contributed by atoms with Crippen LogP contribution in [0.15, 0.2) is 29.2 Å². The van der Waals surface area contributed by atoms with Gasteiger partial charge in [-0.15, -0.1) is 0 Å². The Kier molecular flexibility index (Phi) is 8.48. The van der Waals surface area contributed by atoms with Crippen molar-refractivity contribution in [2.75, 3.05) is 46.5 Å². The number of hydrogen-bond acceptors (Lipinski definition) is 5. The van der Waals surface area contributed by atoms with Crippen LogP contribution in [-0.4, -0.2) is 87.8 Å². The zero-order chi connectivity index (χ0) is 21.6. The van der Waals surface area contributed by atoms with Crippen molar-refractivity contribution in [3.63, 3.8) is 0 Å². The Balaban J connectivity index is 2.01. The molecule has 1 aromatic rings. The van der Waals surface area contributed by atoms with E-state index in [4.69, 9.17) is 0 Å². The summed E-state index contributed by atoms with van der Waals surface area (Å²) in [5.74, 6) is 0. The molecule has 1 N–H and O–H groups in total. The van der Waals surface area contributed by atoms with Gasteiger partial charge in [0, 0.05) is 51.1 Å². The minimum absolute atomic E-state index is 0.00252. The molecule has 0 saturated carbocycles. The molecule has 0 radical (unpaired) electrons. The fourth-order valence-corrected chi connectivity index (χ4v) is 4.65. The SMILES string of the molecule is CC(C)NC(=O)N(CCN(C)C)C1CCN(Cc2ccccc2S(C)(=O)=O)CC1. The Bertz CT molecular complexity index is 772. The highest BCUT2D eigenvalue weighted by atomic mass is 32.2. The molecule has 1 saturated heterocycles. The predicted octanol–water partition coefficient (Wildman–Crippen LogP) is 2.04. The minimum Gasteiger partial charge on any atom is -0.336 e. The lowest BCUT2D eigenvalue weighted by atomic mass is 10.0. The van der Waals surface area contributed by atoms with Crippen LogP contribution >= 0.6 is 0 Å². The second-order valence-electron chi connectivity index (χ2n) is 8.49. The molecular formula is C21H36N4O3S. The van der Waals surface area contributed by atoms with E-state index in [9.17, 15) is 13.2 Å². The van der Waals surface area contributed by atoms with Gasteiger partial charge in [0.1, 0.15) is 0 Å². The van der Waals surface area contributed by atoms with Crippen molar-refractivity contribution in [3.05, 3.63) is 29.8 Å². The topological polar surface area (TPSA) is 73.0 Å². The number of nitrogens with zero attached hydrogens (tertiary/aromatic N) is 3. The lowest BCUT2D eigenvalue weighted by Gasteiger charge is -2.39. The summed E-state index contributed by atoms with van der Waals surface area (Å²) >= 11 is 0. The molecule has 0 bridgehead atoms. The fraction of sp³-hybridized carbons (Fsp3) is 0.667. The molecule has 1 fully saturated rings. The first-order valence-corrected chi connectivity index (χ1v) is 12.2. The fourth-order valence-electron chi connectivity index (χ4n) is 3.71. The van der Waals surface area contributed by atoms with Crippen LogP contribution < -0.4 is 5.32 Å². The largest absolute Gasteiger partial charge is 0.336 e. The Hall–Kier alpha value is -1.64. The van der Waals surface area contributed by atoms with E-state index in [1.165, 1.54) is 6.26 Å². The second kappa shape index (κ2) is 10.4. The van der Waals surface area contributed by atoms with Crippen LogP contribution in [-0.2, 0) is 16.4 Å². The number of carbonyl (C=O) groups is 1. The second-order valence-corrected chi connectivity index (χ2v) is 10.5. The standard InChI is InChI=1S/C21H36N4O3S/c1-17(2)22-21(26)25(15-14-23(3)4)19-10-12-24(13-11-19)16-18-8-6-7-9-20(18)29(5,27)28/h6-9,17,19H,10-16H2,1-5H3,(H,22,26). The van der Waals surface area contributed by atoms with Crippen LogP contribution in [0.25, 0.3) is 0 Å². The van der Waals surface area contributed by atoms with Crippen molar-refractivity contribution in [2.45, 2.75) is 50.2 Å². The number of likely N-dealkylation sites (N-methyl/N-ethyl adjacent to an activating group) is 1. The maximum atomic E-state index is 12.7. The Labute approximate surface area is 176 Å². The van der Waals surface area contributed by atoms with Gasteiger partial charge in [0.2, 0.25) is 0 Å². The number of likely N-dealkylation sites (tertiary alicyclic amines) is 1. The van der Waals surface area contributed by atoms with Gasteiger partial charge < -0.3 is 15.1 Å². The van der Waals surface area contributed by atoms with Gasteiger partial charge in [-0.3, -0.25) is 4.90 Å². The summed E-state index contributed by atoms with van der Waals surface area (Å²) in [7, 11) is 0.789. The smallest absolute Gasteiger partial charge is 0.317 e. The van der Waals surface area contributed by atoms with E-state index in [-0.39, 0.29) is 18.1 Å². The zero-order valence-electron chi connectivity index (χ0n) is 18.4. The first kappa shape index (κ1) is 23.6. The van der Waals surface area contributed by atoms with Crippen LogP contribution in [0.2, 0.25) is 0 Å². The highest BCUT2D eigenvalue weighted by Gasteiger charge is 2.28. The summed E-state index contributed by atoms with van der Waals surface area (Å²) < 4.78 is 24.1. The van der Waals surface area contributed by atoms with Crippen molar-refractivity contribution < 1.29 is 13.2 Å². The highest BCUT2D eigenvalue weighted by Crippen LogP contribution is 2.22. The van der Waals surface area contributed by atoms with Gasteiger partial charge in [-0.05, 0) is 52.4 Å². The molecule has 8 heteroatoms. The van der Waals surface area contributed by atoms with Gasteiger partial charge in [0.15, 0.2) is 9.84 Å². The molecule has 0 atom stereocenters. The molecule has 0 unspecified atom stereocenters. The number of rotatable bonds is 8. The van der Waals surface area contributed by atoms with Crippen LogP contribution in [0.1, 0.15) is 32.3 Å². The Morgan fingerprint density at radius 1 is 1.17 bits per heavy atom. The maximum absolute atomic E-state index is 12.7. The van der Waals surface area contributed by atoms with Crippen molar-refractivity contribution in [2.24, 2.45) is 0 Å². The van der Waals surface area contributed by atoms with Crippen LogP contribution in [0, 0.1) is 0 Å². The van der Waals surface area contributed by atoms with E-state index in [2.05, 4.69) is 15.1 Å². The van der Waals surface area contributed by atoms with Gasteiger partial charge >= 0.3 is 6.03 Å². The average Bonchev–Trinajstić information content (AvgIpc) is 2.62. The predicted molar refractivity (Wildman–Crippen MR) is 117 cm³/mol. The van der Waals surface area contributed by atoms with E-state index in [1.807, 2.05) is 45.0 Å². The molecule has 29 heavy (non-hydrogen) atoms. The van der Waals surface area contributed by atoms with E-state index in [0.29, 0.717) is 18.0 Å². The molecule has 1 aliphatic rings. The van der Waals surface area contributed by atoms with E-state index >= 15 is 0 Å². The van der Waals surface area contributed by atoms with Gasteiger partial charge in [0.25, 0.3) is 0 Å². The molecule has 7 nitrogen and oxygen atoms in total. The molecule has 1 aromatic carbocycles. The molecule has 1 aliphatic heterocycles. The third-order valence-electron chi connectivity index (χ3n) is 5.23. The number of nitrogens with one attached hydrogen (secondary N) is 1. The summed E-state index contributed by atoms with van der Waals surface area (Å²) in [6, 6.07) is 7.53. The third kappa shape index (κ3) is 7.28. The Morgan fingerprint density at radius 2 is 1.79 bits per heavy atom. The van der Waals surface area contributed by atoms with E-state index in [0.717, 1.165) is 38.0 Å². The van der Waals surface area contributed by atoms with Crippen LogP contribution in [0.3, 0.4) is 0 Å². The van der Waals surface area contributed by atoms with Crippen LogP contribution in [0.5, 0.6) is 0 Å². The number of urea groups is 1. The van der Waals surface area contributed by atoms with Gasteiger partial charge in [-0.1, -0.05) is 18.2 Å². The van der Waals surface area contributed by atoms with Crippen molar-refractivity contribution in [3.8, 4) is 0 Å². The number of carbonyl (C=O) groups excluding carboxylic acids is 1. The molecule has 2 amide bonds. The lowest BCUT2D eigenvalue weighted by Crippen LogP contribution is -2.53. The molecule has 0 aliphatic carbocycles. The minimum atomic E-state index is -3.24. The molecule has 1 heterocycles. The van der Waals surface area contributed by atoms with E-state index in [1.54, 1.807) is 12.1 Å². The normalized spacial score (nSPS) is 16.4. The monoisotopic (exact) mass is 424 g/mol. The number of benzene rings is 1. The summed E-state index contributed by atoms with van der Waals surface area (Å²) in [6.45, 7) is 7.78. The number of amides is 2. The number of sulfone groups is 1. The Morgan fingerprint density at radius 3 is 2.34 bits per heavy atom. The first-order valence-electron chi connectivity index (χ1n) is 10.3. The maximum Gasteiger partial charge on any atom is 0.317 e. The lowest BCUT2D eigenvalue weighted by molar-refractivity contribution is 0.111. The molecule has 164 valence electrons. The van der Waals surface area contributed by atoms with Crippen molar-refractivity contribution in [1.82, 2.24) is 20.0 Å². The third-order valence-corrected chi connectivity index (χ3v) is 6.42. The van der Waals surface area contributed by atoms with Gasteiger partial charge in [-0.25, -0.2) is 13.2 Å². The van der Waals surface area contributed by atoms with Crippen molar-refractivity contribution in [1.29, 1.82) is 0 Å². The zero-order valence-corrected chi connectivity index (χ0v) is 19.2. The number of piperidine rings is 1. The summed E-state index contributed by atoms with van der Waals surface area (Å²) in [4.78, 5) is 19.5. The van der Waals surface area contributed by atoms with Crippen molar-refractivity contribution >= 4 is 15.9 Å². The molecular weight excluding hydrogens is 388 g/mol. The first-order chi connectivity index (χ1) is 13.6. The average molecular weight is 425 g/mol. The van der Waals surface area contributed by atoms with Crippen LogP contribution in [0.4, 0.5) is 4.79 Å². The van der Waals surface area contributed by atoms with E-state index < -0.39 is 9.84 Å². The van der Waals surface area contributed by atoms with Gasteiger partial charge in [-0.2, -0.15) is 0 Å². The quantitative estimate of drug-likeness (QED) is 0.691. The highest BCUT2D eigenvalue weighted by molar-refractivity contribution is 7.90. The number of hydrogen-bond donors (Lipinski definition) is 1. The molecule has 2 rings (SSSR count). The summed E-state index contributed by atoms with van der Waals surface area (Å²) in [5, 5.41) is 3.03. The molecule has 0 aromatic heterocycles. The molecule has 0 spiro atoms.